The minimum atomic E-state index is -0.348. The third-order valence-electron chi connectivity index (χ3n) is 5.12. The van der Waals surface area contributed by atoms with Gasteiger partial charge < -0.3 is 15.4 Å². The van der Waals surface area contributed by atoms with Crippen LogP contribution in [0.1, 0.15) is 42.9 Å². The number of anilines is 1. The van der Waals surface area contributed by atoms with Gasteiger partial charge in [-0.3, -0.25) is 9.59 Å². The van der Waals surface area contributed by atoms with Crippen molar-refractivity contribution in [2.75, 3.05) is 11.9 Å². The van der Waals surface area contributed by atoms with Crippen LogP contribution in [0.15, 0.2) is 42.5 Å². The summed E-state index contributed by atoms with van der Waals surface area (Å²) in [4.78, 5) is 24.3. The molecule has 28 heavy (non-hydrogen) atoms. The molecule has 6 heteroatoms. The van der Waals surface area contributed by atoms with Gasteiger partial charge in [0.15, 0.2) is 0 Å². The van der Waals surface area contributed by atoms with Crippen LogP contribution in [0.25, 0.3) is 0 Å². The number of amides is 2. The predicted octanol–water partition coefficient (Wildman–Crippen LogP) is 3.75. The number of halogens is 1. The number of ether oxygens (including phenoxy) is 1. The first-order valence-corrected chi connectivity index (χ1v) is 9.70. The molecule has 146 valence electrons. The minimum absolute atomic E-state index is 0.0659. The van der Waals surface area contributed by atoms with E-state index in [1.54, 1.807) is 6.07 Å². The van der Waals surface area contributed by atoms with E-state index >= 15 is 0 Å². The number of hydrogen-bond donors (Lipinski definition) is 2. The van der Waals surface area contributed by atoms with Gasteiger partial charge in [0, 0.05) is 23.2 Å². The topological polar surface area (TPSA) is 67.4 Å². The minimum Gasteiger partial charge on any atom is -0.493 e. The molecule has 2 amide bonds. The van der Waals surface area contributed by atoms with Crippen LogP contribution in [0.4, 0.5) is 10.1 Å². The van der Waals surface area contributed by atoms with Crippen LogP contribution < -0.4 is 15.4 Å². The zero-order valence-corrected chi connectivity index (χ0v) is 15.5. The third kappa shape index (κ3) is 4.50. The Hall–Kier alpha value is -2.89. The highest BCUT2D eigenvalue weighted by Crippen LogP contribution is 2.32. The molecule has 0 aromatic heterocycles. The van der Waals surface area contributed by atoms with Crippen LogP contribution >= 0.6 is 0 Å². The van der Waals surface area contributed by atoms with E-state index in [1.807, 2.05) is 24.3 Å². The molecular weight excluding hydrogens is 359 g/mol. The number of carbonyl (C=O) groups is 2. The molecule has 5 nitrogen and oxygen atoms in total. The van der Waals surface area contributed by atoms with Crippen LogP contribution in [0.5, 0.6) is 5.75 Å². The maximum absolute atomic E-state index is 13.5. The van der Waals surface area contributed by atoms with Crippen LogP contribution in [-0.4, -0.2) is 18.4 Å². The van der Waals surface area contributed by atoms with Crippen LogP contribution in [0.3, 0.4) is 0 Å². The molecule has 0 bridgehead atoms. The lowest BCUT2D eigenvalue weighted by atomic mass is 10.0. The summed E-state index contributed by atoms with van der Waals surface area (Å²) in [5.41, 5.74) is 2.43. The Bertz CT molecular complexity index is 878. The summed E-state index contributed by atoms with van der Waals surface area (Å²) in [6.07, 6.45) is 3.70. The van der Waals surface area contributed by atoms with E-state index in [9.17, 15) is 14.0 Å². The van der Waals surface area contributed by atoms with Crippen molar-refractivity contribution in [3.8, 4) is 5.75 Å². The SMILES string of the molecule is O=C(Cc1ccc(NC(=O)C2CC2)cc1)NC1CCCOc2cc(F)ccc21. The maximum Gasteiger partial charge on any atom is 0.227 e. The number of hydrogen-bond acceptors (Lipinski definition) is 3. The highest BCUT2D eigenvalue weighted by Gasteiger charge is 2.29. The molecule has 0 radical (unpaired) electrons. The van der Waals surface area contributed by atoms with Gasteiger partial charge in [-0.15, -0.1) is 0 Å². The van der Waals surface area contributed by atoms with Crippen molar-refractivity contribution in [3.63, 3.8) is 0 Å². The molecule has 4 rings (SSSR count). The number of fused-ring (bicyclic) bond motifs is 1. The Morgan fingerprint density at radius 3 is 2.61 bits per heavy atom. The summed E-state index contributed by atoms with van der Waals surface area (Å²) in [7, 11) is 0. The van der Waals surface area contributed by atoms with E-state index in [2.05, 4.69) is 10.6 Å². The fraction of sp³-hybridized carbons (Fsp3) is 0.364. The van der Waals surface area contributed by atoms with Crippen molar-refractivity contribution in [1.82, 2.24) is 5.32 Å². The standard InChI is InChI=1S/C22H23FN2O3/c23-16-7-10-18-19(2-1-11-28-20(18)13-16)25-21(26)12-14-3-8-17(9-4-14)24-22(27)15-5-6-15/h3-4,7-10,13,15,19H,1-2,5-6,11-12H2,(H,24,27)(H,25,26). The van der Waals surface area contributed by atoms with Gasteiger partial charge in [-0.25, -0.2) is 4.39 Å². The number of rotatable bonds is 5. The van der Waals surface area contributed by atoms with Crippen molar-refractivity contribution in [2.24, 2.45) is 5.92 Å². The molecule has 2 aliphatic rings. The monoisotopic (exact) mass is 382 g/mol. The molecule has 1 atom stereocenters. The first kappa shape index (κ1) is 18.5. The Labute approximate surface area is 163 Å². The van der Waals surface area contributed by atoms with Gasteiger partial charge in [-0.2, -0.15) is 0 Å². The summed E-state index contributed by atoms with van der Waals surface area (Å²) in [6.45, 7) is 0.511. The highest BCUT2D eigenvalue weighted by atomic mass is 19.1. The van der Waals surface area contributed by atoms with Crippen molar-refractivity contribution in [2.45, 2.75) is 38.1 Å². The quantitative estimate of drug-likeness (QED) is 0.828. The van der Waals surface area contributed by atoms with E-state index in [-0.39, 0.29) is 36.0 Å². The summed E-state index contributed by atoms with van der Waals surface area (Å²) in [5.74, 6) is 0.275. The molecule has 1 unspecified atom stereocenters. The summed E-state index contributed by atoms with van der Waals surface area (Å²) >= 11 is 0. The van der Waals surface area contributed by atoms with Gasteiger partial charge >= 0.3 is 0 Å². The van der Waals surface area contributed by atoms with Crippen LogP contribution in [0.2, 0.25) is 0 Å². The Kier molecular flexibility index (Phi) is 5.28. The molecule has 1 fully saturated rings. The second kappa shape index (κ2) is 8.00. The Morgan fingerprint density at radius 1 is 1.07 bits per heavy atom. The fourth-order valence-corrected chi connectivity index (χ4v) is 3.42. The zero-order valence-electron chi connectivity index (χ0n) is 15.5. The molecule has 0 spiro atoms. The fourth-order valence-electron chi connectivity index (χ4n) is 3.42. The zero-order chi connectivity index (χ0) is 19.5. The van der Waals surface area contributed by atoms with Gasteiger partial charge in [-0.05, 0) is 49.4 Å². The third-order valence-corrected chi connectivity index (χ3v) is 5.12. The summed E-state index contributed by atoms with van der Waals surface area (Å²) in [5, 5.41) is 5.93. The number of benzene rings is 2. The van der Waals surface area contributed by atoms with Gasteiger partial charge in [0.1, 0.15) is 11.6 Å². The first-order chi connectivity index (χ1) is 13.6. The first-order valence-electron chi connectivity index (χ1n) is 9.70. The van der Waals surface area contributed by atoms with Crippen molar-refractivity contribution in [1.29, 1.82) is 0 Å². The molecule has 1 heterocycles. The Balaban J connectivity index is 1.37. The maximum atomic E-state index is 13.5. The van der Waals surface area contributed by atoms with Crippen molar-refractivity contribution in [3.05, 3.63) is 59.4 Å². The lowest BCUT2D eigenvalue weighted by Crippen LogP contribution is -2.29. The molecule has 1 aliphatic heterocycles. The highest BCUT2D eigenvalue weighted by molar-refractivity contribution is 5.94. The average Bonchev–Trinajstić information content (AvgIpc) is 3.51. The number of nitrogens with one attached hydrogen (secondary N) is 2. The lowest BCUT2D eigenvalue weighted by molar-refractivity contribution is -0.121. The number of carbonyl (C=O) groups excluding carboxylic acids is 2. The molecule has 2 aromatic carbocycles. The molecule has 2 N–H and O–H groups in total. The normalized spacial score (nSPS) is 18.4. The van der Waals surface area contributed by atoms with Crippen LogP contribution in [0, 0.1) is 11.7 Å². The van der Waals surface area contributed by atoms with E-state index in [0.29, 0.717) is 12.4 Å². The molecule has 2 aromatic rings. The Morgan fingerprint density at radius 2 is 1.86 bits per heavy atom. The van der Waals surface area contributed by atoms with Crippen molar-refractivity contribution >= 4 is 17.5 Å². The van der Waals surface area contributed by atoms with E-state index in [1.165, 1.54) is 12.1 Å². The predicted molar refractivity (Wildman–Crippen MR) is 104 cm³/mol. The van der Waals surface area contributed by atoms with Gasteiger partial charge in [0.25, 0.3) is 0 Å². The summed E-state index contributed by atoms with van der Waals surface area (Å²) < 4.78 is 19.1. The van der Waals surface area contributed by atoms with Crippen molar-refractivity contribution < 1.29 is 18.7 Å². The van der Waals surface area contributed by atoms with Gasteiger partial charge in [0.05, 0.1) is 19.1 Å². The smallest absolute Gasteiger partial charge is 0.227 e. The van der Waals surface area contributed by atoms with Crippen LogP contribution in [-0.2, 0) is 16.0 Å². The van der Waals surface area contributed by atoms with E-state index < -0.39 is 0 Å². The average molecular weight is 382 g/mol. The largest absolute Gasteiger partial charge is 0.493 e. The molecule has 1 saturated carbocycles. The molecule has 1 aliphatic carbocycles. The van der Waals surface area contributed by atoms with E-state index in [0.717, 1.165) is 42.5 Å². The van der Waals surface area contributed by atoms with Gasteiger partial charge in [0.2, 0.25) is 11.8 Å². The second-order valence-corrected chi connectivity index (χ2v) is 7.43. The summed E-state index contributed by atoms with van der Waals surface area (Å²) in [6, 6.07) is 11.6. The second-order valence-electron chi connectivity index (χ2n) is 7.43. The van der Waals surface area contributed by atoms with E-state index in [4.69, 9.17) is 4.74 Å². The molecular formula is C22H23FN2O3. The molecule has 0 saturated heterocycles. The van der Waals surface area contributed by atoms with Gasteiger partial charge in [-0.1, -0.05) is 18.2 Å². The lowest BCUT2D eigenvalue weighted by Gasteiger charge is -2.18.